The van der Waals surface area contributed by atoms with Gasteiger partial charge in [-0.25, -0.2) is 0 Å². The zero-order valence-electron chi connectivity index (χ0n) is 48.2. The Morgan fingerprint density at radius 3 is 1.36 bits per heavy atom. The van der Waals surface area contributed by atoms with Crippen molar-refractivity contribution in [3.05, 3.63) is 60.8 Å². The predicted molar refractivity (Wildman–Crippen MR) is 309 cm³/mol. The SMILES string of the molecule is CCCCCC/C=C/CC/C=C/CC/C=C/C(O)C(COC1OC(CO)C(OC2OC(CO)C(O)C(O)C2O)C(O)C1O)NC(=O)CCCCCCCCCCCCCCCCCCC/C=C\C/C=C\CCCCCCC. The van der Waals surface area contributed by atoms with Crippen molar-refractivity contribution in [2.75, 3.05) is 19.8 Å². The molecule has 2 aliphatic heterocycles. The van der Waals surface area contributed by atoms with Crippen LogP contribution < -0.4 is 5.32 Å². The summed E-state index contributed by atoms with van der Waals surface area (Å²) >= 11 is 0. The summed E-state index contributed by atoms with van der Waals surface area (Å²) < 4.78 is 22.7. The van der Waals surface area contributed by atoms with Gasteiger partial charge in [0.25, 0.3) is 0 Å². The van der Waals surface area contributed by atoms with Crippen LogP contribution in [0.4, 0.5) is 0 Å². The Hall–Kier alpha value is -2.31. The van der Waals surface area contributed by atoms with E-state index in [2.05, 4.69) is 67.8 Å². The Balaban J connectivity index is 1.69. The van der Waals surface area contributed by atoms with Crippen molar-refractivity contribution < 1.29 is 64.6 Å². The minimum absolute atomic E-state index is 0.253. The lowest BCUT2D eigenvalue weighted by molar-refractivity contribution is -0.359. The first kappa shape index (κ1) is 70.8. The fraction of sp³-hybridized carbons (Fsp3) is 0.825. The van der Waals surface area contributed by atoms with Crippen LogP contribution in [-0.2, 0) is 23.7 Å². The summed E-state index contributed by atoms with van der Waals surface area (Å²) in [6.07, 6.45) is 45.6. The third-order valence-electron chi connectivity index (χ3n) is 14.9. The lowest BCUT2D eigenvalue weighted by atomic mass is 9.97. The largest absolute Gasteiger partial charge is 0.394 e. The van der Waals surface area contributed by atoms with Crippen LogP contribution in [0.5, 0.6) is 0 Å². The first-order valence-corrected chi connectivity index (χ1v) is 31.0. The molecule has 12 unspecified atom stereocenters. The normalized spacial score (nSPS) is 25.1. The maximum atomic E-state index is 13.3. The summed E-state index contributed by atoms with van der Waals surface area (Å²) in [4.78, 5) is 13.3. The number of ether oxygens (including phenoxy) is 4. The molecule has 2 rings (SSSR count). The van der Waals surface area contributed by atoms with Gasteiger partial charge in [0.2, 0.25) is 5.91 Å². The summed E-state index contributed by atoms with van der Waals surface area (Å²) in [5.74, 6) is -0.253. The van der Waals surface area contributed by atoms with E-state index in [0.717, 1.165) is 51.4 Å². The number of aliphatic hydroxyl groups excluding tert-OH is 8. The van der Waals surface area contributed by atoms with E-state index in [1.807, 2.05) is 6.08 Å². The van der Waals surface area contributed by atoms with E-state index in [-0.39, 0.29) is 18.9 Å². The molecule has 12 atom stereocenters. The predicted octanol–water partition coefficient (Wildman–Crippen LogP) is 10.9. The van der Waals surface area contributed by atoms with E-state index in [4.69, 9.17) is 18.9 Å². The molecule has 2 fully saturated rings. The molecule has 448 valence electrons. The molecule has 2 saturated heterocycles. The maximum absolute atomic E-state index is 13.3. The number of hydrogen-bond acceptors (Lipinski definition) is 13. The molecule has 0 radical (unpaired) electrons. The molecular formula is C63H113NO13. The molecular weight excluding hydrogens is 979 g/mol. The van der Waals surface area contributed by atoms with Gasteiger partial charge >= 0.3 is 0 Å². The van der Waals surface area contributed by atoms with Crippen LogP contribution >= 0.6 is 0 Å². The minimum atomic E-state index is -1.79. The highest BCUT2D eigenvalue weighted by molar-refractivity contribution is 5.76. The van der Waals surface area contributed by atoms with Crippen LogP contribution in [0, 0.1) is 0 Å². The monoisotopic (exact) mass is 1090 g/mol. The van der Waals surface area contributed by atoms with E-state index in [9.17, 15) is 45.6 Å². The summed E-state index contributed by atoms with van der Waals surface area (Å²) in [5, 5.41) is 87.0. The van der Waals surface area contributed by atoms with Crippen LogP contribution in [0.25, 0.3) is 0 Å². The fourth-order valence-electron chi connectivity index (χ4n) is 9.88. The number of carbonyl (C=O) groups is 1. The smallest absolute Gasteiger partial charge is 0.220 e. The van der Waals surface area contributed by atoms with E-state index in [0.29, 0.717) is 12.8 Å². The highest BCUT2D eigenvalue weighted by atomic mass is 16.7. The van der Waals surface area contributed by atoms with Gasteiger partial charge in [0.15, 0.2) is 12.6 Å². The van der Waals surface area contributed by atoms with Crippen molar-refractivity contribution in [3.8, 4) is 0 Å². The molecule has 2 aliphatic rings. The van der Waals surface area contributed by atoms with Gasteiger partial charge in [0, 0.05) is 6.42 Å². The number of aliphatic hydroxyl groups is 8. The number of rotatable bonds is 49. The summed E-state index contributed by atoms with van der Waals surface area (Å²) in [6.45, 7) is 2.74. The van der Waals surface area contributed by atoms with E-state index in [1.54, 1.807) is 6.08 Å². The minimum Gasteiger partial charge on any atom is -0.394 e. The van der Waals surface area contributed by atoms with Crippen LogP contribution in [0.1, 0.15) is 239 Å². The van der Waals surface area contributed by atoms with E-state index in [1.165, 1.54) is 154 Å². The van der Waals surface area contributed by atoms with Crippen molar-refractivity contribution in [1.82, 2.24) is 5.32 Å². The molecule has 0 saturated carbocycles. The van der Waals surface area contributed by atoms with Crippen molar-refractivity contribution in [1.29, 1.82) is 0 Å². The van der Waals surface area contributed by atoms with Gasteiger partial charge in [0.05, 0.1) is 32.0 Å². The number of allylic oxidation sites excluding steroid dienone is 9. The average molecular weight is 1090 g/mol. The van der Waals surface area contributed by atoms with Crippen LogP contribution in [0.2, 0.25) is 0 Å². The summed E-state index contributed by atoms with van der Waals surface area (Å²) in [5.41, 5.74) is 0. The number of amides is 1. The number of carbonyl (C=O) groups excluding carboxylic acids is 1. The molecule has 0 aromatic heterocycles. The number of hydrogen-bond donors (Lipinski definition) is 9. The van der Waals surface area contributed by atoms with Gasteiger partial charge in [0.1, 0.15) is 48.8 Å². The number of nitrogens with one attached hydrogen (secondary N) is 1. The van der Waals surface area contributed by atoms with Gasteiger partial charge in [-0.1, -0.05) is 216 Å². The third-order valence-corrected chi connectivity index (χ3v) is 14.9. The molecule has 14 heteroatoms. The Bertz CT molecular complexity index is 1520. The Kier molecular flexibility index (Phi) is 44.5. The van der Waals surface area contributed by atoms with Gasteiger partial charge in [-0.15, -0.1) is 0 Å². The van der Waals surface area contributed by atoms with Crippen LogP contribution in [-0.4, -0.2) is 140 Å². The summed E-state index contributed by atoms with van der Waals surface area (Å²) in [7, 11) is 0. The zero-order valence-corrected chi connectivity index (χ0v) is 48.2. The van der Waals surface area contributed by atoms with Gasteiger partial charge < -0.3 is 65.1 Å². The molecule has 14 nitrogen and oxygen atoms in total. The standard InChI is InChI=1S/C63H113NO13/c1-3-5-7-9-11-13-15-17-19-20-21-22-23-24-25-26-27-28-29-30-31-32-33-35-37-39-41-43-45-47-55(68)64-51(52(67)46-44-42-40-38-36-34-18-16-14-12-10-8-6-4-2)50-74-62-60(73)58(71)61(54(49-66)76-62)77-63-59(72)57(70)56(69)53(48-65)75-63/h14-17,20-21,36,38,44,46,51-54,56-63,65-67,69-73H,3-13,18-19,22-35,37,39-43,45,47-50H2,1-2H3,(H,64,68)/b16-14+,17-15-,21-20-,38-36+,46-44+. The molecule has 77 heavy (non-hydrogen) atoms. The molecule has 9 N–H and O–H groups in total. The van der Waals surface area contributed by atoms with Crippen molar-refractivity contribution in [2.45, 2.75) is 312 Å². The summed E-state index contributed by atoms with van der Waals surface area (Å²) in [6, 6.07) is -0.938. The fourth-order valence-corrected chi connectivity index (χ4v) is 9.88. The molecule has 0 spiro atoms. The van der Waals surface area contributed by atoms with E-state index < -0.39 is 86.8 Å². The van der Waals surface area contributed by atoms with E-state index >= 15 is 0 Å². The van der Waals surface area contributed by atoms with Crippen molar-refractivity contribution in [2.24, 2.45) is 0 Å². The topological polar surface area (TPSA) is 228 Å². The second kappa shape index (κ2) is 48.4. The second-order valence-electron chi connectivity index (χ2n) is 21.8. The first-order chi connectivity index (χ1) is 37.6. The zero-order chi connectivity index (χ0) is 56.0. The molecule has 0 aromatic rings. The Morgan fingerprint density at radius 1 is 0.468 bits per heavy atom. The average Bonchev–Trinajstić information content (AvgIpc) is 3.44. The molecule has 1 amide bonds. The van der Waals surface area contributed by atoms with Crippen LogP contribution in [0.15, 0.2) is 60.8 Å². The second-order valence-corrected chi connectivity index (χ2v) is 21.8. The molecule has 0 bridgehead atoms. The van der Waals surface area contributed by atoms with Crippen molar-refractivity contribution >= 4 is 5.91 Å². The van der Waals surface area contributed by atoms with Gasteiger partial charge in [-0.3, -0.25) is 4.79 Å². The number of unbranched alkanes of at least 4 members (excludes halogenated alkanes) is 28. The van der Waals surface area contributed by atoms with Crippen LogP contribution in [0.3, 0.4) is 0 Å². The Labute approximate surface area is 466 Å². The Morgan fingerprint density at radius 2 is 0.870 bits per heavy atom. The quantitative estimate of drug-likeness (QED) is 0.0204. The van der Waals surface area contributed by atoms with Crippen molar-refractivity contribution in [3.63, 3.8) is 0 Å². The maximum Gasteiger partial charge on any atom is 0.220 e. The van der Waals surface area contributed by atoms with Gasteiger partial charge in [-0.05, 0) is 77.0 Å². The molecule has 2 heterocycles. The lowest BCUT2D eigenvalue weighted by Gasteiger charge is -2.46. The highest BCUT2D eigenvalue weighted by Crippen LogP contribution is 2.30. The lowest BCUT2D eigenvalue weighted by Crippen LogP contribution is -2.65. The first-order valence-electron chi connectivity index (χ1n) is 31.0. The molecule has 0 aromatic carbocycles. The highest BCUT2D eigenvalue weighted by Gasteiger charge is 2.51. The molecule has 0 aliphatic carbocycles. The van der Waals surface area contributed by atoms with Gasteiger partial charge in [-0.2, -0.15) is 0 Å². The third kappa shape index (κ3) is 33.9.